The van der Waals surface area contributed by atoms with Crippen LogP contribution in [0.2, 0.25) is 0 Å². The molecule has 0 aromatic heterocycles. The Hall–Kier alpha value is -0.0800. The SMILES string of the molecule is CC(C)C1CCCN(C2CC(N)C2)CC1. The molecular formula is C13H26N2. The van der Waals surface area contributed by atoms with Gasteiger partial charge in [-0.25, -0.2) is 0 Å². The van der Waals surface area contributed by atoms with Crippen molar-refractivity contribution in [1.29, 1.82) is 0 Å². The Balaban J connectivity index is 1.79. The van der Waals surface area contributed by atoms with E-state index in [2.05, 4.69) is 18.7 Å². The monoisotopic (exact) mass is 210 g/mol. The van der Waals surface area contributed by atoms with E-state index >= 15 is 0 Å². The highest BCUT2D eigenvalue weighted by molar-refractivity contribution is 4.90. The van der Waals surface area contributed by atoms with Crippen molar-refractivity contribution in [2.75, 3.05) is 13.1 Å². The quantitative estimate of drug-likeness (QED) is 0.757. The molecule has 0 aromatic rings. The van der Waals surface area contributed by atoms with E-state index in [4.69, 9.17) is 5.73 Å². The van der Waals surface area contributed by atoms with Gasteiger partial charge in [-0.2, -0.15) is 0 Å². The molecule has 15 heavy (non-hydrogen) atoms. The van der Waals surface area contributed by atoms with Crippen molar-refractivity contribution in [1.82, 2.24) is 4.90 Å². The minimum atomic E-state index is 0.499. The smallest absolute Gasteiger partial charge is 0.0125 e. The van der Waals surface area contributed by atoms with Gasteiger partial charge in [0, 0.05) is 12.1 Å². The van der Waals surface area contributed by atoms with E-state index in [1.165, 1.54) is 45.2 Å². The van der Waals surface area contributed by atoms with Crippen LogP contribution in [0, 0.1) is 11.8 Å². The molecule has 1 atom stereocenters. The van der Waals surface area contributed by atoms with Crippen molar-refractivity contribution < 1.29 is 0 Å². The van der Waals surface area contributed by atoms with Gasteiger partial charge in [0.1, 0.15) is 0 Å². The molecule has 2 nitrogen and oxygen atoms in total. The van der Waals surface area contributed by atoms with E-state index < -0.39 is 0 Å². The molecule has 1 saturated heterocycles. The van der Waals surface area contributed by atoms with E-state index in [0.717, 1.165) is 17.9 Å². The Bertz CT molecular complexity index is 197. The Morgan fingerprint density at radius 1 is 1.13 bits per heavy atom. The summed E-state index contributed by atoms with van der Waals surface area (Å²) in [7, 11) is 0. The first-order valence-electron chi connectivity index (χ1n) is 6.66. The van der Waals surface area contributed by atoms with E-state index in [0.29, 0.717) is 6.04 Å². The van der Waals surface area contributed by atoms with Crippen LogP contribution >= 0.6 is 0 Å². The summed E-state index contributed by atoms with van der Waals surface area (Å²) in [6.45, 7) is 7.39. The van der Waals surface area contributed by atoms with Gasteiger partial charge in [-0.3, -0.25) is 0 Å². The Morgan fingerprint density at radius 2 is 1.87 bits per heavy atom. The molecule has 1 saturated carbocycles. The fourth-order valence-electron chi connectivity index (χ4n) is 3.10. The third kappa shape index (κ3) is 2.73. The van der Waals surface area contributed by atoms with E-state index in [1.54, 1.807) is 0 Å². The predicted octanol–water partition coefficient (Wildman–Crippen LogP) is 2.23. The maximum absolute atomic E-state index is 5.86. The molecule has 2 aliphatic rings. The van der Waals surface area contributed by atoms with Gasteiger partial charge in [-0.05, 0) is 57.0 Å². The summed E-state index contributed by atoms with van der Waals surface area (Å²) in [6.07, 6.45) is 6.73. The van der Waals surface area contributed by atoms with Crippen LogP contribution in [0.3, 0.4) is 0 Å². The van der Waals surface area contributed by atoms with E-state index in [-0.39, 0.29) is 0 Å². The molecule has 2 N–H and O–H groups in total. The number of nitrogens with zero attached hydrogens (tertiary/aromatic N) is 1. The molecule has 0 amide bonds. The lowest BCUT2D eigenvalue weighted by atomic mass is 9.86. The fraction of sp³-hybridized carbons (Fsp3) is 1.00. The average molecular weight is 210 g/mol. The maximum atomic E-state index is 5.86. The zero-order chi connectivity index (χ0) is 10.8. The number of hydrogen-bond donors (Lipinski definition) is 1. The normalized spacial score (nSPS) is 38.8. The van der Waals surface area contributed by atoms with Crippen LogP contribution in [0.1, 0.15) is 46.0 Å². The summed E-state index contributed by atoms with van der Waals surface area (Å²) < 4.78 is 0. The van der Waals surface area contributed by atoms with Gasteiger partial charge < -0.3 is 10.6 Å². The fourth-order valence-corrected chi connectivity index (χ4v) is 3.10. The van der Waals surface area contributed by atoms with Crippen molar-refractivity contribution in [2.24, 2.45) is 17.6 Å². The zero-order valence-electron chi connectivity index (χ0n) is 10.3. The molecule has 2 heteroatoms. The van der Waals surface area contributed by atoms with Crippen molar-refractivity contribution in [2.45, 2.75) is 58.0 Å². The largest absolute Gasteiger partial charge is 0.328 e. The van der Waals surface area contributed by atoms with E-state index in [9.17, 15) is 0 Å². The highest BCUT2D eigenvalue weighted by Gasteiger charge is 2.32. The second-order valence-electron chi connectivity index (χ2n) is 5.86. The van der Waals surface area contributed by atoms with Crippen molar-refractivity contribution in [3.63, 3.8) is 0 Å². The molecule has 0 aromatic carbocycles. The van der Waals surface area contributed by atoms with Crippen molar-refractivity contribution in [3.8, 4) is 0 Å². The summed E-state index contributed by atoms with van der Waals surface area (Å²) in [5.74, 6) is 1.83. The van der Waals surface area contributed by atoms with E-state index in [1.807, 2.05) is 0 Å². The van der Waals surface area contributed by atoms with Crippen LogP contribution < -0.4 is 5.73 Å². The molecule has 1 unspecified atom stereocenters. The van der Waals surface area contributed by atoms with Crippen molar-refractivity contribution >= 4 is 0 Å². The lowest BCUT2D eigenvalue weighted by Gasteiger charge is -2.41. The summed E-state index contributed by atoms with van der Waals surface area (Å²) in [4.78, 5) is 2.70. The molecule has 0 radical (unpaired) electrons. The molecule has 2 rings (SSSR count). The summed E-state index contributed by atoms with van der Waals surface area (Å²) >= 11 is 0. The van der Waals surface area contributed by atoms with Crippen LogP contribution in [-0.2, 0) is 0 Å². The van der Waals surface area contributed by atoms with Gasteiger partial charge >= 0.3 is 0 Å². The maximum Gasteiger partial charge on any atom is 0.0125 e. The average Bonchev–Trinajstić information content (AvgIpc) is 2.37. The molecule has 0 bridgehead atoms. The highest BCUT2D eigenvalue weighted by Crippen LogP contribution is 2.30. The first kappa shape index (κ1) is 11.4. The minimum Gasteiger partial charge on any atom is -0.328 e. The predicted molar refractivity (Wildman–Crippen MR) is 64.7 cm³/mol. The molecule has 88 valence electrons. The first-order valence-corrected chi connectivity index (χ1v) is 6.66. The second kappa shape index (κ2) is 4.84. The van der Waals surface area contributed by atoms with Gasteiger partial charge in [-0.15, -0.1) is 0 Å². The van der Waals surface area contributed by atoms with Crippen LogP contribution in [0.5, 0.6) is 0 Å². The Labute approximate surface area is 94.2 Å². The molecule has 1 heterocycles. The van der Waals surface area contributed by atoms with Gasteiger partial charge in [0.2, 0.25) is 0 Å². The topological polar surface area (TPSA) is 29.3 Å². The molecular weight excluding hydrogens is 184 g/mol. The number of likely N-dealkylation sites (tertiary alicyclic amines) is 1. The van der Waals surface area contributed by atoms with Gasteiger partial charge in [0.15, 0.2) is 0 Å². The number of rotatable bonds is 2. The van der Waals surface area contributed by atoms with Gasteiger partial charge in [-0.1, -0.05) is 13.8 Å². The first-order chi connectivity index (χ1) is 7.16. The Kier molecular flexibility index (Phi) is 3.68. The highest BCUT2D eigenvalue weighted by atomic mass is 15.2. The van der Waals surface area contributed by atoms with Gasteiger partial charge in [0.25, 0.3) is 0 Å². The zero-order valence-corrected chi connectivity index (χ0v) is 10.3. The lowest BCUT2D eigenvalue weighted by Crippen LogP contribution is -2.50. The molecule has 2 fully saturated rings. The summed E-state index contributed by atoms with van der Waals surface area (Å²) in [6, 6.07) is 1.32. The van der Waals surface area contributed by atoms with Crippen molar-refractivity contribution in [3.05, 3.63) is 0 Å². The minimum absolute atomic E-state index is 0.499. The lowest BCUT2D eigenvalue weighted by molar-refractivity contribution is 0.112. The molecule has 1 aliphatic heterocycles. The molecule has 1 aliphatic carbocycles. The molecule has 0 spiro atoms. The third-order valence-corrected chi connectivity index (χ3v) is 4.42. The number of hydrogen-bond acceptors (Lipinski definition) is 2. The van der Waals surface area contributed by atoms with Crippen LogP contribution in [0.4, 0.5) is 0 Å². The van der Waals surface area contributed by atoms with Crippen LogP contribution in [0.25, 0.3) is 0 Å². The van der Waals surface area contributed by atoms with Crippen LogP contribution in [0.15, 0.2) is 0 Å². The van der Waals surface area contributed by atoms with Gasteiger partial charge in [0.05, 0.1) is 0 Å². The standard InChI is InChI=1S/C13H26N2/c1-10(2)11-4-3-6-15(7-5-11)13-8-12(14)9-13/h10-13H,3-9,14H2,1-2H3. The number of nitrogens with two attached hydrogens (primary N) is 1. The Morgan fingerprint density at radius 3 is 2.47 bits per heavy atom. The summed E-state index contributed by atoms with van der Waals surface area (Å²) in [5.41, 5.74) is 5.86. The van der Waals surface area contributed by atoms with Crippen LogP contribution in [-0.4, -0.2) is 30.1 Å². The third-order valence-electron chi connectivity index (χ3n) is 4.42. The second-order valence-corrected chi connectivity index (χ2v) is 5.86. The summed E-state index contributed by atoms with van der Waals surface area (Å²) in [5, 5.41) is 0.